The predicted octanol–water partition coefficient (Wildman–Crippen LogP) is -0.218. The SMILES string of the molecule is CC(C)(C)OC(=O)CNC(CCC(=O)NCCOCCOCC(=O)CC(CCC(=O)NC(CCC(=O)O)C(=O)O)C(=O)NC(CCC(=O)O)C(=O)O)C(=O)OC(C)(C)C. The average Bonchev–Trinajstić information content (AvgIpc) is 3.09. The number of rotatable bonds is 31. The largest absolute Gasteiger partial charge is 0.481 e. The van der Waals surface area contributed by atoms with Crippen LogP contribution in [0, 0.1) is 5.92 Å². The minimum Gasteiger partial charge on any atom is -0.481 e. The van der Waals surface area contributed by atoms with E-state index >= 15 is 0 Å². The summed E-state index contributed by atoms with van der Waals surface area (Å²) in [5.74, 6) is -11.1. The molecule has 3 amide bonds. The van der Waals surface area contributed by atoms with Gasteiger partial charge in [-0.1, -0.05) is 0 Å². The Bertz CT molecular complexity index is 1450. The number of ether oxygens (including phenoxy) is 4. The molecule has 0 radical (unpaired) electrons. The third-order valence-corrected chi connectivity index (χ3v) is 7.57. The van der Waals surface area contributed by atoms with Crippen molar-refractivity contribution in [2.45, 2.75) is 129 Å². The minimum atomic E-state index is -1.63. The lowest BCUT2D eigenvalue weighted by Crippen LogP contribution is -2.45. The van der Waals surface area contributed by atoms with Crippen molar-refractivity contribution < 1.29 is 87.3 Å². The zero-order chi connectivity index (χ0) is 45.3. The van der Waals surface area contributed by atoms with Gasteiger partial charge in [-0.2, -0.15) is 0 Å². The lowest BCUT2D eigenvalue weighted by molar-refractivity contribution is -0.159. The van der Waals surface area contributed by atoms with Gasteiger partial charge in [-0.05, 0) is 67.2 Å². The summed E-state index contributed by atoms with van der Waals surface area (Å²) in [6.45, 7) is 9.37. The van der Waals surface area contributed by atoms with E-state index in [1.54, 1.807) is 41.5 Å². The van der Waals surface area contributed by atoms with Crippen LogP contribution in [0.1, 0.15) is 99.3 Å². The van der Waals surface area contributed by atoms with Gasteiger partial charge in [0.15, 0.2) is 5.78 Å². The van der Waals surface area contributed by atoms with Gasteiger partial charge < -0.3 is 55.3 Å². The summed E-state index contributed by atoms with van der Waals surface area (Å²) in [5, 5.41) is 46.2. The van der Waals surface area contributed by atoms with Crippen LogP contribution in [0.25, 0.3) is 0 Å². The van der Waals surface area contributed by atoms with E-state index in [4.69, 9.17) is 29.2 Å². The summed E-state index contributed by atoms with van der Waals surface area (Å²) < 4.78 is 21.3. The Morgan fingerprint density at radius 3 is 1.61 bits per heavy atom. The van der Waals surface area contributed by atoms with Gasteiger partial charge in [-0.3, -0.25) is 43.7 Å². The summed E-state index contributed by atoms with van der Waals surface area (Å²) in [4.78, 5) is 120. The first-order valence-electron chi connectivity index (χ1n) is 18.9. The molecule has 336 valence electrons. The van der Waals surface area contributed by atoms with Gasteiger partial charge in [0.1, 0.15) is 35.9 Å². The van der Waals surface area contributed by atoms with E-state index in [0.717, 1.165) is 0 Å². The Kier molecular flexibility index (Phi) is 25.0. The number of ketones is 1. The molecule has 22 nitrogen and oxygen atoms in total. The molecule has 0 saturated carbocycles. The van der Waals surface area contributed by atoms with Crippen molar-refractivity contribution >= 4 is 59.3 Å². The number of carboxylic acid groups (broad SMARTS) is 4. The third kappa shape index (κ3) is 28.8. The van der Waals surface area contributed by atoms with Gasteiger partial charge in [0.2, 0.25) is 17.7 Å². The molecule has 0 aliphatic carbocycles. The lowest BCUT2D eigenvalue weighted by atomic mass is 9.95. The molecule has 4 unspecified atom stereocenters. The van der Waals surface area contributed by atoms with Crippen molar-refractivity contribution in [2.75, 3.05) is 39.5 Å². The van der Waals surface area contributed by atoms with Crippen molar-refractivity contribution in [1.29, 1.82) is 0 Å². The highest BCUT2D eigenvalue weighted by Crippen LogP contribution is 2.15. The van der Waals surface area contributed by atoms with E-state index in [-0.39, 0.29) is 52.2 Å². The van der Waals surface area contributed by atoms with Crippen molar-refractivity contribution in [3.8, 4) is 0 Å². The van der Waals surface area contributed by atoms with E-state index in [9.17, 15) is 58.2 Å². The highest BCUT2D eigenvalue weighted by molar-refractivity contribution is 5.90. The first kappa shape index (κ1) is 53.8. The molecular weight excluding hydrogens is 788 g/mol. The first-order valence-corrected chi connectivity index (χ1v) is 18.9. The van der Waals surface area contributed by atoms with Crippen LogP contribution in [-0.4, -0.2) is 149 Å². The normalized spacial score (nSPS) is 13.5. The number of amides is 3. The van der Waals surface area contributed by atoms with Crippen molar-refractivity contribution in [3.63, 3.8) is 0 Å². The molecule has 0 aliphatic rings. The summed E-state index contributed by atoms with van der Waals surface area (Å²) in [5.41, 5.74) is -1.53. The number of aliphatic carboxylic acids is 4. The first-order chi connectivity index (χ1) is 27.3. The number of hydrogen-bond donors (Lipinski definition) is 8. The summed E-state index contributed by atoms with van der Waals surface area (Å²) in [6, 6.07) is -4.14. The molecule has 0 rings (SSSR count). The molecular formula is C37H60N4O18. The lowest BCUT2D eigenvalue weighted by Gasteiger charge is -2.25. The average molecular weight is 849 g/mol. The molecule has 0 bridgehead atoms. The number of hydrogen-bond acceptors (Lipinski definition) is 15. The molecule has 0 fully saturated rings. The second-order valence-electron chi connectivity index (χ2n) is 15.3. The molecule has 0 spiro atoms. The zero-order valence-corrected chi connectivity index (χ0v) is 34.4. The van der Waals surface area contributed by atoms with Crippen LogP contribution < -0.4 is 21.3 Å². The van der Waals surface area contributed by atoms with Crippen LogP contribution in [0.15, 0.2) is 0 Å². The number of esters is 2. The second-order valence-corrected chi connectivity index (χ2v) is 15.3. The molecule has 0 aromatic heterocycles. The quantitative estimate of drug-likeness (QED) is 0.0330. The Morgan fingerprint density at radius 1 is 0.576 bits per heavy atom. The van der Waals surface area contributed by atoms with Crippen molar-refractivity contribution in [3.05, 3.63) is 0 Å². The third-order valence-electron chi connectivity index (χ3n) is 7.57. The number of nitrogens with one attached hydrogen (secondary N) is 4. The molecule has 4 atom stereocenters. The van der Waals surface area contributed by atoms with Gasteiger partial charge >= 0.3 is 35.8 Å². The van der Waals surface area contributed by atoms with Crippen molar-refractivity contribution in [2.24, 2.45) is 5.92 Å². The number of carbonyl (C=O) groups excluding carboxylic acids is 6. The van der Waals surface area contributed by atoms with Crippen LogP contribution in [0.4, 0.5) is 0 Å². The molecule has 0 heterocycles. The van der Waals surface area contributed by atoms with E-state index in [1.165, 1.54) is 0 Å². The Morgan fingerprint density at radius 2 is 1.08 bits per heavy atom. The maximum Gasteiger partial charge on any atom is 0.326 e. The fraction of sp³-hybridized carbons (Fsp3) is 0.730. The smallest absolute Gasteiger partial charge is 0.326 e. The van der Waals surface area contributed by atoms with Gasteiger partial charge in [0, 0.05) is 44.6 Å². The second kappa shape index (κ2) is 27.5. The van der Waals surface area contributed by atoms with E-state index in [1.807, 2.05) is 0 Å². The molecule has 8 N–H and O–H groups in total. The van der Waals surface area contributed by atoms with Gasteiger partial charge in [0.05, 0.1) is 26.4 Å². The van der Waals surface area contributed by atoms with Crippen molar-refractivity contribution in [1.82, 2.24) is 21.3 Å². The number of carboxylic acids is 4. The van der Waals surface area contributed by atoms with Crippen LogP contribution in [0.5, 0.6) is 0 Å². The van der Waals surface area contributed by atoms with Gasteiger partial charge in [-0.25, -0.2) is 9.59 Å². The van der Waals surface area contributed by atoms with E-state index in [2.05, 4.69) is 21.3 Å². The molecule has 22 heteroatoms. The summed E-state index contributed by atoms with van der Waals surface area (Å²) in [6.07, 6.45) is -3.51. The number of carbonyl (C=O) groups is 10. The fourth-order valence-corrected chi connectivity index (χ4v) is 4.86. The summed E-state index contributed by atoms with van der Waals surface area (Å²) in [7, 11) is 0. The molecule has 0 aliphatic heterocycles. The van der Waals surface area contributed by atoms with E-state index < -0.39 is 140 Å². The minimum absolute atomic E-state index is 0.0149. The monoisotopic (exact) mass is 848 g/mol. The summed E-state index contributed by atoms with van der Waals surface area (Å²) >= 11 is 0. The molecule has 0 saturated heterocycles. The molecule has 59 heavy (non-hydrogen) atoms. The maximum atomic E-state index is 13.0. The van der Waals surface area contributed by atoms with Crippen LogP contribution >= 0.6 is 0 Å². The van der Waals surface area contributed by atoms with Gasteiger partial charge in [-0.15, -0.1) is 0 Å². The van der Waals surface area contributed by atoms with Crippen LogP contribution in [0.2, 0.25) is 0 Å². The number of Topliss-reactive ketones (excluding diaryl/α,β-unsaturated/α-hetero) is 1. The Balaban J connectivity index is 5.02. The Hall–Kier alpha value is -5.22. The molecule has 0 aromatic rings. The van der Waals surface area contributed by atoms with Gasteiger partial charge in [0.25, 0.3) is 0 Å². The zero-order valence-electron chi connectivity index (χ0n) is 34.4. The molecule has 0 aromatic carbocycles. The Labute approximate surface area is 341 Å². The topological polar surface area (TPSA) is 337 Å². The van der Waals surface area contributed by atoms with Crippen LogP contribution in [0.3, 0.4) is 0 Å². The van der Waals surface area contributed by atoms with E-state index in [0.29, 0.717) is 0 Å². The predicted molar refractivity (Wildman–Crippen MR) is 203 cm³/mol. The van der Waals surface area contributed by atoms with Crippen LogP contribution in [-0.2, 0) is 66.9 Å². The highest BCUT2D eigenvalue weighted by atomic mass is 16.6. The maximum absolute atomic E-state index is 13.0. The highest BCUT2D eigenvalue weighted by Gasteiger charge is 2.30. The standard InChI is InChI=1S/C37H60N4O18/c1-36(2,3)58-31(49)20-39-26(35(55)59-37(4,5)6)8-12-27(43)38-15-16-56-17-18-57-21-23(42)19-22(32(50)41-25(34(53)54)10-14-30(47)48)7-11-28(44)40-24(33(51)52)9-13-29(45)46/h22,24-26,39H,7-21H2,1-6H3,(H,38,43)(H,40,44)(H,41,50)(H,45,46)(H,47,48)(H,51,52)(H,53,54). The fourth-order valence-electron chi connectivity index (χ4n) is 4.86.